The molecule has 10 atom stereocenters. The van der Waals surface area contributed by atoms with Crippen LogP contribution in [0, 0.1) is 5.92 Å². The highest BCUT2D eigenvalue weighted by molar-refractivity contribution is 7.54. The number of halogens is 2. The van der Waals surface area contributed by atoms with Crippen LogP contribution >= 0.6 is 15.4 Å². The summed E-state index contributed by atoms with van der Waals surface area (Å²) in [7, 11) is -11.4. The maximum absolute atomic E-state index is 16.2. The lowest BCUT2D eigenvalue weighted by Crippen LogP contribution is -2.42. The van der Waals surface area contributed by atoms with E-state index >= 15 is 8.78 Å². The van der Waals surface area contributed by atoms with Gasteiger partial charge in [0.1, 0.15) is 48.4 Å². The molecule has 4 aromatic heterocycles. The van der Waals surface area contributed by atoms with Crippen LogP contribution in [0.1, 0.15) is 12.5 Å². The predicted molar refractivity (Wildman–Crippen MR) is 147 cm³/mol. The molecule has 3 aliphatic rings. The van der Waals surface area contributed by atoms with Gasteiger partial charge in [-0.1, -0.05) is 0 Å². The summed E-state index contributed by atoms with van der Waals surface area (Å²) < 4.78 is 86.9. The van der Waals surface area contributed by atoms with Gasteiger partial charge < -0.3 is 45.5 Å². The quantitative estimate of drug-likeness (QED) is 0.117. The number of hydrogen-bond donors (Lipinski definition) is 7. The number of nitrogens with one attached hydrogen (secondary N) is 1. The van der Waals surface area contributed by atoms with Crippen LogP contribution in [-0.2, 0) is 32.2 Å². The van der Waals surface area contributed by atoms with Gasteiger partial charge in [-0.15, -0.1) is 0 Å². The van der Waals surface area contributed by atoms with E-state index in [0.29, 0.717) is 0 Å². The minimum atomic E-state index is -6.15. The number of H-pyrrole nitrogens is 1. The predicted octanol–water partition coefficient (Wildman–Crippen LogP) is -1.43. The zero-order valence-corrected chi connectivity index (χ0v) is 25.0. The van der Waals surface area contributed by atoms with Crippen LogP contribution < -0.4 is 17.0 Å². The first-order chi connectivity index (χ1) is 22.1. The second kappa shape index (κ2) is 11.0. The van der Waals surface area contributed by atoms with Crippen LogP contribution in [0.25, 0.3) is 22.3 Å². The van der Waals surface area contributed by atoms with E-state index < -0.39 is 100 Å². The second-order valence-corrected chi connectivity index (χ2v) is 14.0. The molecular weight excluding hydrogens is 684 g/mol. The van der Waals surface area contributed by atoms with Crippen LogP contribution in [0.4, 0.5) is 20.5 Å². The third-order valence-electron chi connectivity index (χ3n) is 7.91. The van der Waals surface area contributed by atoms with Crippen molar-refractivity contribution in [1.29, 1.82) is 0 Å². The Morgan fingerprint density at radius 1 is 0.915 bits per heavy atom. The molecule has 0 aliphatic carbocycles. The lowest BCUT2D eigenvalue weighted by atomic mass is 10.00. The van der Waals surface area contributed by atoms with E-state index in [2.05, 4.69) is 29.9 Å². The number of hydrogen-bond acceptors (Lipinski definition) is 17. The number of alkyl halides is 2. The number of nitrogen functional groups attached to an aromatic ring is 2. The van der Waals surface area contributed by atoms with Gasteiger partial charge in [-0.2, -0.15) is 13.8 Å². The molecule has 26 heteroatoms. The number of anilines is 2. The maximum Gasteiger partial charge on any atom is 0.472 e. The van der Waals surface area contributed by atoms with Crippen LogP contribution in [0.3, 0.4) is 0 Å². The largest absolute Gasteiger partial charge is 0.472 e. The Morgan fingerprint density at radius 3 is 2.32 bits per heavy atom. The maximum atomic E-state index is 16.2. The number of imidazole rings is 2. The van der Waals surface area contributed by atoms with Gasteiger partial charge in [0, 0.05) is 0 Å². The molecule has 0 aromatic carbocycles. The van der Waals surface area contributed by atoms with Gasteiger partial charge in [0.05, 0.1) is 32.0 Å². The Bertz CT molecular complexity index is 2030. The average Bonchev–Trinajstić information content (AvgIpc) is 3.75. The zero-order chi connectivity index (χ0) is 33.6. The van der Waals surface area contributed by atoms with Crippen molar-refractivity contribution in [2.45, 2.75) is 48.6 Å². The van der Waals surface area contributed by atoms with Crippen LogP contribution in [0.2, 0.25) is 0 Å². The monoisotopic (exact) mass is 708 g/mol. The second-order valence-electron chi connectivity index (χ2n) is 10.7. The van der Waals surface area contributed by atoms with Gasteiger partial charge in [0.2, 0.25) is 5.95 Å². The molecule has 4 unspecified atom stereocenters. The first kappa shape index (κ1) is 32.0. The number of fused-ring (bicyclic) bond motifs is 5. The van der Waals surface area contributed by atoms with E-state index in [1.165, 1.54) is 0 Å². The fraction of sp³-hybridized carbons (Fsp3) is 0.524. The molecule has 4 aromatic rings. The molecule has 0 radical (unpaired) electrons. The van der Waals surface area contributed by atoms with Gasteiger partial charge in [-0.3, -0.25) is 32.5 Å². The van der Waals surface area contributed by atoms with Crippen molar-refractivity contribution in [1.82, 2.24) is 39.0 Å². The van der Waals surface area contributed by atoms with E-state index in [1.807, 2.05) is 0 Å². The fourth-order valence-electron chi connectivity index (χ4n) is 5.70. The highest BCUT2D eigenvalue weighted by atomic mass is 31.2. The van der Waals surface area contributed by atoms with Crippen molar-refractivity contribution in [3.63, 3.8) is 0 Å². The van der Waals surface area contributed by atoms with Gasteiger partial charge >= 0.3 is 21.1 Å². The Kier molecular flexibility index (Phi) is 7.50. The van der Waals surface area contributed by atoms with E-state index in [-0.39, 0.29) is 22.5 Å². The number of aliphatic hydroxyl groups is 2. The molecule has 7 rings (SSSR count). The number of ether oxygens (including phenoxy) is 2. The summed E-state index contributed by atoms with van der Waals surface area (Å²) in [5.41, 5.74) is 5.08. The molecule has 0 spiro atoms. The molecule has 254 valence electrons. The van der Waals surface area contributed by atoms with Gasteiger partial charge in [0.15, 0.2) is 28.9 Å². The number of nitrogens with two attached hydrogens (primary N) is 2. The zero-order valence-electron chi connectivity index (χ0n) is 23.3. The minimum absolute atomic E-state index is 0.0350. The number of phosphoric ester groups is 1. The molecule has 47 heavy (non-hydrogen) atoms. The Balaban J connectivity index is 1.26. The van der Waals surface area contributed by atoms with E-state index in [4.69, 9.17) is 34.5 Å². The Hall–Kier alpha value is -3.54. The van der Waals surface area contributed by atoms with E-state index in [9.17, 15) is 33.9 Å². The van der Waals surface area contributed by atoms with E-state index in [1.54, 1.807) is 0 Å². The lowest BCUT2D eigenvalue weighted by molar-refractivity contribution is -0.0911. The minimum Gasteiger partial charge on any atom is -0.390 e. The van der Waals surface area contributed by atoms with Gasteiger partial charge in [-0.25, -0.2) is 24.5 Å². The molecule has 3 saturated heterocycles. The Morgan fingerprint density at radius 2 is 1.57 bits per heavy atom. The number of rotatable bonds is 2. The smallest absolute Gasteiger partial charge is 0.390 e. The van der Waals surface area contributed by atoms with E-state index in [0.717, 1.165) is 28.1 Å². The molecule has 3 fully saturated rings. The molecule has 3 aliphatic heterocycles. The summed E-state index contributed by atoms with van der Waals surface area (Å²) in [6, 6.07) is 0. The van der Waals surface area contributed by atoms with Crippen LogP contribution in [-0.4, -0.2) is 108 Å². The van der Waals surface area contributed by atoms with Crippen molar-refractivity contribution in [3.05, 3.63) is 29.3 Å². The summed E-state index contributed by atoms with van der Waals surface area (Å²) in [6.07, 6.45) is -10.3. The normalized spacial score (nSPS) is 37.7. The van der Waals surface area contributed by atoms with Crippen LogP contribution in [0.5, 0.6) is 0 Å². The average molecular weight is 708 g/mol. The third kappa shape index (κ3) is 5.12. The van der Waals surface area contributed by atoms with Gasteiger partial charge in [0.25, 0.3) is 5.56 Å². The summed E-state index contributed by atoms with van der Waals surface area (Å²) >= 11 is 0. The molecule has 0 saturated carbocycles. The number of phosphoric acid groups is 1. The van der Waals surface area contributed by atoms with Crippen LogP contribution in [0.15, 0.2) is 23.8 Å². The molecular formula is C21H24F2N10O12P2. The number of nitrogens with zero attached hydrogens (tertiary/aromatic N) is 7. The Labute approximate surface area is 258 Å². The molecule has 9 N–H and O–H groups in total. The fourth-order valence-corrected chi connectivity index (χ4v) is 7.84. The van der Waals surface area contributed by atoms with Crippen molar-refractivity contribution in [3.8, 4) is 0 Å². The first-order valence-corrected chi connectivity index (χ1v) is 16.5. The van der Waals surface area contributed by atoms with Crippen molar-refractivity contribution in [2.75, 3.05) is 24.7 Å². The third-order valence-corrected chi connectivity index (χ3v) is 10.5. The summed E-state index contributed by atoms with van der Waals surface area (Å²) in [5.74, 6) is -3.10. The van der Waals surface area contributed by atoms with Crippen molar-refractivity contribution < 1.29 is 61.0 Å². The molecule has 2 bridgehead atoms. The van der Waals surface area contributed by atoms with Gasteiger partial charge in [-0.05, 0) is 0 Å². The summed E-state index contributed by atoms with van der Waals surface area (Å²) in [6.45, 7) is -2.30. The standard InChI is InChI=1S/C21H24F2N10O12P2/c22-21(23)8-11(34)6(43-18(8)33-5-29-10-16(33)30-20(25)31-17(10)36)1-42-47(39,40)45-13-7(2-41-46(21,37)38)44-19(12(13)35)32-4-28-9-14(24)26-3-27-15(9)32/h3-8,11-13,18-19,34-35H,1-2H2,(H,37,38)(H,39,40)(H2,24,26,27)(H3,25,30,31,36)/t6-,7-,8+,11?,12+,13?,18-,19-/m1/s1. The number of aliphatic hydroxyl groups excluding tert-OH is 2. The topological polar surface area (TPSA) is 320 Å². The summed E-state index contributed by atoms with van der Waals surface area (Å²) in [5, 5.41) is 22.1. The SMILES string of the molecule is Nc1nc2c(ncn2[C@@H]2O[C@@H]3COP(=O)(O)OC4[C@@H](COP(=O)(O)C(F)(F)[C@H]2C3O)O[C@@H](n2cnc3c(N)ncnc32)[C@H]4O)c(=O)[nH]1. The highest BCUT2D eigenvalue weighted by Gasteiger charge is 2.67. The molecule has 7 heterocycles. The first-order valence-electron chi connectivity index (χ1n) is 13.4. The lowest BCUT2D eigenvalue weighted by Gasteiger charge is -2.32. The van der Waals surface area contributed by atoms with Crippen molar-refractivity contribution >= 4 is 49.5 Å². The van der Waals surface area contributed by atoms with Crippen molar-refractivity contribution in [2.24, 2.45) is 5.92 Å². The highest BCUT2D eigenvalue weighted by Crippen LogP contribution is 2.66. The summed E-state index contributed by atoms with van der Waals surface area (Å²) in [4.78, 5) is 55.2. The number of aromatic nitrogens is 8. The number of aromatic amines is 1. The molecule has 0 amide bonds. The molecule has 22 nitrogen and oxygen atoms in total.